The van der Waals surface area contributed by atoms with E-state index in [-0.39, 0.29) is 0 Å². The number of hydrogen-bond donors (Lipinski definition) is 2. The minimum absolute atomic E-state index is 0.333. The molecule has 0 saturated carbocycles. The van der Waals surface area contributed by atoms with Crippen LogP contribution in [-0.2, 0) is 16.1 Å². The Kier molecular flexibility index (Phi) is 5.92. The molecule has 2 rings (SSSR count). The van der Waals surface area contributed by atoms with Gasteiger partial charge in [0.15, 0.2) is 0 Å². The molecule has 2 aromatic carbocycles. The summed E-state index contributed by atoms with van der Waals surface area (Å²) in [7, 11) is 0. The van der Waals surface area contributed by atoms with Crippen LogP contribution in [0.3, 0.4) is 0 Å². The molecular formula is C19H22N2O2. The molecule has 0 saturated heterocycles. The Hall–Kier alpha value is -2.62. The fraction of sp³-hybridized carbons (Fsp3) is 0.263. The predicted molar refractivity (Wildman–Crippen MR) is 92.1 cm³/mol. The fourth-order valence-electron chi connectivity index (χ4n) is 2.18. The summed E-state index contributed by atoms with van der Waals surface area (Å²) < 4.78 is 0. The van der Waals surface area contributed by atoms with Crippen molar-refractivity contribution in [2.75, 3.05) is 5.32 Å². The molecule has 2 amide bonds. The zero-order valence-corrected chi connectivity index (χ0v) is 13.5. The largest absolute Gasteiger partial charge is 0.344 e. The third-order valence-corrected chi connectivity index (χ3v) is 3.85. The maximum absolute atomic E-state index is 11.9. The standard InChI is InChI=1S/C19H22N2O2/c1-3-14(2)16-9-11-17(12-10-16)21-19(23)18(22)20-13-15-7-5-4-6-8-15/h4-12,14H,3,13H2,1-2H3,(H,20,22)(H,21,23). The highest BCUT2D eigenvalue weighted by atomic mass is 16.2. The molecule has 0 aliphatic rings. The van der Waals surface area contributed by atoms with Gasteiger partial charge in [0, 0.05) is 12.2 Å². The number of nitrogens with one attached hydrogen (secondary N) is 2. The third kappa shape index (κ3) is 4.95. The first kappa shape index (κ1) is 16.7. The lowest BCUT2D eigenvalue weighted by atomic mass is 9.99. The fourth-order valence-corrected chi connectivity index (χ4v) is 2.18. The van der Waals surface area contributed by atoms with Crippen molar-refractivity contribution in [3.05, 3.63) is 65.7 Å². The average Bonchev–Trinajstić information content (AvgIpc) is 2.60. The summed E-state index contributed by atoms with van der Waals surface area (Å²) in [6.45, 7) is 4.63. The quantitative estimate of drug-likeness (QED) is 0.831. The number of hydrogen-bond acceptors (Lipinski definition) is 2. The van der Waals surface area contributed by atoms with Gasteiger partial charge in [-0.1, -0.05) is 56.3 Å². The van der Waals surface area contributed by atoms with Gasteiger partial charge < -0.3 is 10.6 Å². The molecule has 0 aliphatic heterocycles. The minimum Gasteiger partial charge on any atom is -0.344 e. The Morgan fingerprint density at radius 1 is 0.957 bits per heavy atom. The summed E-state index contributed by atoms with van der Waals surface area (Å²) in [6.07, 6.45) is 1.06. The van der Waals surface area contributed by atoms with Crippen molar-refractivity contribution in [3.63, 3.8) is 0 Å². The lowest BCUT2D eigenvalue weighted by Crippen LogP contribution is -2.34. The van der Waals surface area contributed by atoms with E-state index in [1.807, 2.05) is 54.6 Å². The number of carbonyl (C=O) groups excluding carboxylic acids is 2. The highest BCUT2D eigenvalue weighted by Crippen LogP contribution is 2.20. The Morgan fingerprint density at radius 2 is 1.61 bits per heavy atom. The van der Waals surface area contributed by atoms with E-state index >= 15 is 0 Å². The first-order valence-corrected chi connectivity index (χ1v) is 7.83. The van der Waals surface area contributed by atoms with E-state index in [0.29, 0.717) is 18.2 Å². The van der Waals surface area contributed by atoms with Crippen molar-refractivity contribution < 1.29 is 9.59 Å². The van der Waals surface area contributed by atoms with Crippen LogP contribution in [0.15, 0.2) is 54.6 Å². The number of carbonyl (C=O) groups is 2. The molecule has 0 aromatic heterocycles. The van der Waals surface area contributed by atoms with Gasteiger partial charge in [-0.2, -0.15) is 0 Å². The Morgan fingerprint density at radius 3 is 2.22 bits per heavy atom. The van der Waals surface area contributed by atoms with Crippen LogP contribution >= 0.6 is 0 Å². The van der Waals surface area contributed by atoms with E-state index < -0.39 is 11.8 Å². The molecule has 2 N–H and O–H groups in total. The monoisotopic (exact) mass is 310 g/mol. The van der Waals surface area contributed by atoms with Gasteiger partial charge in [-0.25, -0.2) is 0 Å². The van der Waals surface area contributed by atoms with Crippen LogP contribution in [0.4, 0.5) is 5.69 Å². The molecular weight excluding hydrogens is 288 g/mol. The van der Waals surface area contributed by atoms with Crippen LogP contribution in [0.2, 0.25) is 0 Å². The van der Waals surface area contributed by atoms with Gasteiger partial charge in [-0.05, 0) is 35.6 Å². The smallest absolute Gasteiger partial charge is 0.313 e. The van der Waals surface area contributed by atoms with Gasteiger partial charge >= 0.3 is 11.8 Å². The van der Waals surface area contributed by atoms with Gasteiger partial charge in [0.25, 0.3) is 0 Å². The van der Waals surface area contributed by atoms with E-state index in [1.165, 1.54) is 5.56 Å². The molecule has 23 heavy (non-hydrogen) atoms. The lowest BCUT2D eigenvalue weighted by Gasteiger charge is -2.10. The van der Waals surface area contributed by atoms with Gasteiger partial charge in [0.2, 0.25) is 0 Å². The molecule has 0 fully saturated rings. The molecule has 1 atom stereocenters. The summed E-state index contributed by atoms with van der Waals surface area (Å²) in [6, 6.07) is 17.1. The summed E-state index contributed by atoms with van der Waals surface area (Å²) in [4.78, 5) is 23.7. The lowest BCUT2D eigenvalue weighted by molar-refractivity contribution is -0.136. The van der Waals surface area contributed by atoms with Crippen molar-refractivity contribution in [2.24, 2.45) is 0 Å². The van der Waals surface area contributed by atoms with Crippen LogP contribution in [0, 0.1) is 0 Å². The zero-order chi connectivity index (χ0) is 16.7. The highest BCUT2D eigenvalue weighted by molar-refractivity contribution is 6.39. The number of rotatable bonds is 5. The van der Waals surface area contributed by atoms with Crippen LogP contribution in [-0.4, -0.2) is 11.8 Å². The van der Waals surface area contributed by atoms with Gasteiger partial charge in [0.1, 0.15) is 0 Å². The van der Waals surface area contributed by atoms with Crippen LogP contribution < -0.4 is 10.6 Å². The van der Waals surface area contributed by atoms with E-state index in [1.54, 1.807) is 0 Å². The second-order valence-corrected chi connectivity index (χ2v) is 5.55. The zero-order valence-electron chi connectivity index (χ0n) is 13.5. The van der Waals surface area contributed by atoms with E-state index in [9.17, 15) is 9.59 Å². The highest BCUT2D eigenvalue weighted by Gasteiger charge is 2.13. The SMILES string of the molecule is CCC(C)c1ccc(NC(=O)C(=O)NCc2ccccc2)cc1. The van der Waals surface area contributed by atoms with Gasteiger partial charge in [-0.3, -0.25) is 9.59 Å². The molecule has 4 heteroatoms. The average molecular weight is 310 g/mol. The van der Waals surface area contributed by atoms with Gasteiger partial charge in [0.05, 0.1) is 0 Å². The van der Waals surface area contributed by atoms with Crippen molar-refractivity contribution in [1.82, 2.24) is 5.32 Å². The van der Waals surface area contributed by atoms with E-state index in [2.05, 4.69) is 24.5 Å². The first-order valence-electron chi connectivity index (χ1n) is 7.83. The predicted octanol–water partition coefficient (Wildman–Crippen LogP) is 3.46. The summed E-state index contributed by atoms with van der Waals surface area (Å²) in [5.74, 6) is -0.814. The Labute approximate surface area is 136 Å². The Balaban J connectivity index is 1.87. The second kappa shape index (κ2) is 8.13. The number of anilines is 1. The normalized spacial score (nSPS) is 11.6. The van der Waals surface area contributed by atoms with Crippen molar-refractivity contribution >= 4 is 17.5 Å². The molecule has 4 nitrogen and oxygen atoms in total. The second-order valence-electron chi connectivity index (χ2n) is 5.55. The van der Waals surface area contributed by atoms with E-state index in [4.69, 9.17) is 0 Å². The Bertz CT molecular complexity index is 651. The van der Waals surface area contributed by atoms with Crippen molar-refractivity contribution in [3.8, 4) is 0 Å². The number of benzene rings is 2. The number of amides is 2. The van der Waals surface area contributed by atoms with Crippen LogP contribution in [0.1, 0.15) is 37.3 Å². The minimum atomic E-state index is -0.655. The maximum Gasteiger partial charge on any atom is 0.313 e. The summed E-state index contributed by atoms with van der Waals surface area (Å²) >= 11 is 0. The maximum atomic E-state index is 11.9. The third-order valence-electron chi connectivity index (χ3n) is 3.85. The summed E-state index contributed by atoms with van der Waals surface area (Å²) in [5.41, 5.74) is 2.79. The molecule has 1 unspecified atom stereocenters. The summed E-state index contributed by atoms with van der Waals surface area (Å²) in [5, 5.41) is 5.22. The van der Waals surface area contributed by atoms with Crippen LogP contribution in [0.5, 0.6) is 0 Å². The van der Waals surface area contributed by atoms with Crippen molar-refractivity contribution in [2.45, 2.75) is 32.7 Å². The molecule has 120 valence electrons. The molecule has 0 aliphatic carbocycles. The first-order chi connectivity index (χ1) is 11.1. The topological polar surface area (TPSA) is 58.2 Å². The molecule has 2 aromatic rings. The van der Waals surface area contributed by atoms with E-state index in [0.717, 1.165) is 12.0 Å². The van der Waals surface area contributed by atoms with Crippen LogP contribution in [0.25, 0.3) is 0 Å². The molecule has 0 spiro atoms. The molecule has 0 bridgehead atoms. The molecule has 0 heterocycles. The molecule has 0 radical (unpaired) electrons. The van der Waals surface area contributed by atoms with Crippen molar-refractivity contribution in [1.29, 1.82) is 0 Å². The van der Waals surface area contributed by atoms with Gasteiger partial charge in [-0.15, -0.1) is 0 Å².